The number of halogens is 1. The van der Waals surface area contributed by atoms with E-state index in [1.165, 1.54) is 7.11 Å². The molecule has 1 fully saturated rings. The van der Waals surface area contributed by atoms with Gasteiger partial charge in [0.1, 0.15) is 0 Å². The van der Waals surface area contributed by atoms with E-state index in [-0.39, 0.29) is 23.7 Å². The van der Waals surface area contributed by atoms with Gasteiger partial charge in [0.2, 0.25) is 0 Å². The van der Waals surface area contributed by atoms with E-state index in [4.69, 9.17) is 15.3 Å². The lowest BCUT2D eigenvalue weighted by molar-refractivity contribution is 0.0953. The molecule has 3 unspecified atom stereocenters. The van der Waals surface area contributed by atoms with E-state index < -0.39 is 0 Å². The molecule has 0 aliphatic carbocycles. The lowest BCUT2D eigenvalue weighted by Crippen LogP contribution is -2.44. The zero-order valence-electron chi connectivity index (χ0n) is 11.4. The number of benzene rings is 1. The van der Waals surface area contributed by atoms with E-state index in [9.17, 15) is 4.39 Å². The van der Waals surface area contributed by atoms with Crippen LogP contribution in [0.3, 0.4) is 0 Å². The summed E-state index contributed by atoms with van der Waals surface area (Å²) >= 11 is 0. The molecule has 0 saturated carbocycles. The number of nitrogens with one attached hydrogen (secondary N) is 1. The molecule has 1 aromatic rings. The molecule has 1 aliphatic heterocycles. The minimum Gasteiger partial charge on any atom is -0.494 e. The van der Waals surface area contributed by atoms with Gasteiger partial charge in [0, 0.05) is 18.6 Å². The molecule has 3 atom stereocenters. The summed E-state index contributed by atoms with van der Waals surface area (Å²) < 4.78 is 24.7. The molecule has 106 valence electrons. The van der Waals surface area contributed by atoms with Gasteiger partial charge < -0.3 is 9.47 Å². The van der Waals surface area contributed by atoms with Gasteiger partial charge in [-0.15, -0.1) is 0 Å². The molecule has 1 aliphatic rings. The maximum Gasteiger partial charge on any atom is 0.168 e. The quantitative estimate of drug-likeness (QED) is 0.629. The number of nitrogens with two attached hydrogens (primary N) is 1. The predicted octanol–water partition coefficient (Wildman–Crippen LogP) is 1.63. The monoisotopic (exact) mass is 268 g/mol. The van der Waals surface area contributed by atoms with Crippen LogP contribution in [-0.4, -0.2) is 25.9 Å². The Labute approximate surface area is 113 Å². The van der Waals surface area contributed by atoms with Gasteiger partial charge in [0.15, 0.2) is 11.6 Å². The minimum absolute atomic E-state index is 0.000828. The Bertz CT molecular complexity index is 428. The number of hydrogen-bond donors (Lipinski definition) is 2. The van der Waals surface area contributed by atoms with Crippen molar-refractivity contribution in [2.24, 2.45) is 11.8 Å². The first kappa shape index (κ1) is 14.2. The van der Waals surface area contributed by atoms with Crippen molar-refractivity contribution in [3.63, 3.8) is 0 Å². The Morgan fingerprint density at radius 1 is 1.58 bits per heavy atom. The van der Waals surface area contributed by atoms with Crippen LogP contribution in [0.25, 0.3) is 0 Å². The summed E-state index contributed by atoms with van der Waals surface area (Å²) in [6, 6.07) is 5.17. The second kappa shape index (κ2) is 6.32. The van der Waals surface area contributed by atoms with E-state index in [0.717, 1.165) is 13.0 Å². The standard InChI is InChI=1S/C14H21FN2O2/c1-9-11(6-7-19-9)12(17-16)8-10-4-3-5-13(18-2)14(10)15/h3-5,9,11-12,17H,6-8,16H2,1-2H3. The van der Waals surface area contributed by atoms with Crippen molar-refractivity contribution in [2.75, 3.05) is 13.7 Å². The van der Waals surface area contributed by atoms with Crippen LogP contribution in [0.2, 0.25) is 0 Å². The third kappa shape index (κ3) is 3.05. The molecule has 5 heteroatoms. The van der Waals surface area contributed by atoms with Crippen LogP contribution in [0.4, 0.5) is 4.39 Å². The molecule has 0 bridgehead atoms. The Kier molecular flexibility index (Phi) is 4.74. The Morgan fingerprint density at radius 2 is 2.37 bits per heavy atom. The number of ether oxygens (including phenoxy) is 2. The van der Waals surface area contributed by atoms with Crippen molar-refractivity contribution in [1.29, 1.82) is 0 Å². The van der Waals surface area contributed by atoms with Crippen LogP contribution in [0.1, 0.15) is 18.9 Å². The van der Waals surface area contributed by atoms with Gasteiger partial charge in [0.25, 0.3) is 0 Å². The summed E-state index contributed by atoms with van der Waals surface area (Å²) in [6.45, 7) is 2.77. The summed E-state index contributed by atoms with van der Waals surface area (Å²) in [5.74, 6) is 5.88. The van der Waals surface area contributed by atoms with E-state index in [1.807, 2.05) is 6.92 Å². The zero-order chi connectivity index (χ0) is 13.8. The summed E-state index contributed by atoms with van der Waals surface area (Å²) in [5, 5.41) is 0. The van der Waals surface area contributed by atoms with Gasteiger partial charge in [-0.2, -0.15) is 0 Å². The Hall–Kier alpha value is -1.17. The molecule has 3 N–H and O–H groups in total. The smallest absolute Gasteiger partial charge is 0.168 e. The van der Waals surface area contributed by atoms with Crippen molar-refractivity contribution in [1.82, 2.24) is 5.43 Å². The fraction of sp³-hybridized carbons (Fsp3) is 0.571. The van der Waals surface area contributed by atoms with Crippen molar-refractivity contribution in [2.45, 2.75) is 31.9 Å². The normalized spacial score (nSPS) is 24.4. The second-order valence-corrected chi connectivity index (χ2v) is 4.94. The molecule has 0 aromatic heterocycles. The average molecular weight is 268 g/mol. The van der Waals surface area contributed by atoms with Gasteiger partial charge in [-0.05, 0) is 31.4 Å². The number of hydrazine groups is 1. The van der Waals surface area contributed by atoms with Crippen molar-refractivity contribution in [3.8, 4) is 5.75 Å². The summed E-state index contributed by atoms with van der Waals surface area (Å²) in [4.78, 5) is 0. The molecule has 1 saturated heterocycles. The molecule has 4 nitrogen and oxygen atoms in total. The first-order valence-corrected chi connectivity index (χ1v) is 6.56. The van der Waals surface area contributed by atoms with Crippen molar-refractivity contribution < 1.29 is 13.9 Å². The maximum absolute atomic E-state index is 14.1. The third-order valence-corrected chi connectivity index (χ3v) is 3.87. The molecule has 19 heavy (non-hydrogen) atoms. The molecule has 1 heterocycles. The summed E-state index contributed by atoms with van der Waals surface area (Å²) in [5.41, 5.74) is 3.41. The number of hydrogen-bond acceptors (Lipinski definition) is 4. The Balaban J connectivity index is 2.14. The largest absolute Gasteiger partial charge is 0.494 e. The topological polar surface area (TPSA) is 56.5 Å². The molecule has 0 spiro atoms. The van der Waals surface area contributed by atoms with Gasteiger partial charge >= 0.3 is 0 Å². The molecule has 0 radical (unpaired) electrons. The fourth-order valence-electron chi connectivity index (χ4n) is 2.72. The zero-order valence-corrected chi connectivity index (χ0v) is 11.4. The molecular formula is C14H21FN2O2. The second-order valence-electron chi connectivity index (χ2n) is 4.94. The maximum atomic E-state index is 14.1. The number of methoxy groups -OCH3 is 1. The highest BCUT2D eigenvalue weighted by Gasteiger charge is 2.32. The minimum atomic E-state index is -0.309. The van der Waals surface area contributed by atoms with E-state index >= 15 is 0 Å². The fourth-order valence-corrected chi connectivity index (χ4v) is 2.72. The molecule has 1 aromatic carbocycles. The van der Waals surface area contributed by atoms with Gasteiger partial charge in [-0.3, -0.25) is 11.3 Å². The third-order valence-electron chi connectivity index (χ3n) is 3.87. The lowest BCUT2D eigenvalue weighted by atomic mass is 9.89. The highest BCUT2D eigenvalue weighted by molar-refractivity contribution is 5.31. The van der Waals surface area contributed by atoms with Crippen LogP contribution >= 0.6 is 0 Å². The predicted molar refractivity (Wildman–Crippen MR) is 71.3 cm³/mol. The van der Waals surface area contributed by atoms with E-state index in [2.05, 4.69) is 5.43 Å². The van der Waals surface area contributed by atoms with Gasteiger partial charge in [-0.1, -0.05) is 12.1 Å². The average Bonchev–Trinajstić information content (AvgIpc) is 2.84. The van der Waals surface area contributed by atoms with Gasteiger partial charge in [-0.25, -0.2) is 4.39 Å². The summed E-state index contributed by atoms with van der Waals surface area (Å²) in [7, 11) is 1.47. The van der Waals surface area contributed by atoms with Crippen LogP contribution < -0.4 is 16.0 Å². The summed E-state index contributed by atoms with van der Waals surface area (Å²) in [6.07, 6.45) is 1.62. The van der Waals surface area contributed by atoms with Crippen LogP contribution in [0.5, 0.6) is 5.75 Å². The first-order valence-electron chi connectivity index (χ1n) is 6.56. The van der Waals surface area contributed by atoms with Crippen LogP contribution in [-0.2, 0) is 11.2 Å². The molecule has 2 rings (SSSR count). The molecular weight excluding hydrogens is 247 g/mol. The van der Waals surface area contributed by atoms with Crippen LogP contribution in [0.15, 0.2) is 18.2 Å². The molecule has 0 amide bonds. The van der Waals surface area contributed by atoms with Crippen molar-refractivity contribution >= 4 is 0 Å². The SMILES string of the molecule is COc1cccc(CC(NN)C2CCOC2C)c1F. The van der Waals surface area contributed by atoms with E-state index in [1.54, 1.807) is 18.2 Å². The first-order chi connectivity index (χ1) is 9.17. The van der Waals surface area contributed by atoms with E-state index in [0.29, 0.717) is 17.9 Å². The lowest BCUT2D eigenvalue weighted by Gasteiger charge is -2.25. The van der Waals surface area contributed by atoms with Crippen molar-refractivity contribution in [3.05, 3.63) is 29.6 Å². The van der Waals surface area contributed by atoms with Crippen LogP contribution in [0, 0.1) is 11.7 Å². The number of rotatable bonds is 5. The highest BCUT2D eigenvalue weighted by Crippen LogP contribution is 2.28. The highest BCUT2D eigenvalue weighted by atomic mass is 19.1. The Morgan fingerprint density at radius 3 is 2.95 bits per heavy atom. The van der Waals surface area contributed by atoms with Gasteiger partial charge in [0.05, 0.1) is 13.2 Å².